The van der Waals surface area contributed by atoms with Crippen LogP contribution in [0.25, 0.3) is 0 Å². The summed E-state index contributed by atoms with van der Waals surface area (Å²) >= 11 is 2.24. The molecule has 4 heteroatoms. The number of nitrogens with zero attached hydrogens (tertiary/aromatic N) is 2. The second-order valence-corrected chi connectivity index (χ2v) is 4.37. The van der Waals surface area contributed by atoms with Gasteiger partial charge in [0.15, 0.2) is 0 Å². The number of nitrogens with one attached hydrogen (secondary N) is 1. The van der Waals surface area contributed by atoms with Crippen molar-refractivity contribution in [2.75, 3.05) is 11.9 Å². The van der Waals surface area contributed by atoms with Crippen LogP contribution >= 0.6 is 22.6 Å². The van der Waals surface area contributed by atoms with Crippen LogP contribution in [0.3, 0.4) is 0 Å². The molecule has 0 aliphatic rings. The van der Waals surface area contributed by atoms with Gasteiger partial charge in [0.1, 0.15) is 12.1 Å². The number of hydrogen-bond acceptors (Lipinski definition) is 3. The standard InChI is InChI=1S/C10H16IN3/c1-2-3-4-5-6-13-10-9(11)7-12-8-14-10/h7-8H,2-6H2,1H3,(H,12,13,14). The monoisotopic (exact) mass is 305 g/mol. The smallest absolute Gasteiger partial charge is 0.142 e. The molecule has 0 radical (unpaired) electrons. The minimum Gasteiger partial charge on any atom is -0.369 e. The number of rotatable bonds is 6. The van der Waals surface area contributed by atoms with Gasteiger partial charge >= 0.3 is 0 Å². The Labute approximate surface area is 98.9 Å². The fraction of sp³-hybridized carbons (Fsp3) is 0.600. The van der Waals surface area contributed by atoms with Gasteiger partial charge in [0.2, 0.25) is 0 Å². The van der Waals surface area contributed by atoms with Crippen LogP contribution in [-0.4, -0.2) is 16.5 Å². The maximum Gasteiger partial charge on any atom is 0.142 e. The van der Waals surface area contributed by atoms with Crippen LogP contribution in [0.15, 0.2) is 12.5 Å². The molecule has 1 rings (SSSR count). The van der Waals surface area contributed by atoms with Crippen LogP contribution in [0.2, 0.25) is 0 Å². The van der Waals surface area contributed by atoms with Gasteiger partial charge in [-0.3, -0.25) is 0 Å². The van der Waals surface area contributed by atoms with E-state index in [0.717, 1.165) is 15.9 Å². The summed E-state index contributed by atoms with van der Waals surface area (Å²) in [5, 5.41) is 3.31. The van der Waals surface area contributed by atoms with Gasteiger partial charge in [-0.1, -0.05) is 26.2 Å². The molecule has 0 unspecified atom stereocenters. The van der Waals surface area contributed by atoms with Crippen molar-refractivity contribution in [1.29, 1.82) is 0 Å². The lowest BCUT2D eigenvalue weighted by atomic mass is 10.2. The van der Waals surface area contributed by atoms with Crippen LogP contribution in [0.5, 0.6) is 0 Å². The summed E-state index contributed by atoms with van der Waals surface area (Å²) < 4.78 is 1.08. The first-order chi connectivity index (χ1) is 6.84. The number of hydrogen-bond donors (Lipinski definition) is 1. The highest BCUT2D eigenvalue weighted by atomic mass is 127. The third kappa shape index (κ3) is 4.21. The fourth-order valence-electron chi connectivity index (χ4n) is 1.20. The van der Waals surface area contributed by atoms with Crippen LogP contribution < -0.4 is 5.32 Å². The zero-order valence-corrected chi connectivity index (χ0v) is 10.6. The molecule has 0 saturated carbocycles. The summed E-state index contributed by atoms with van der Waals surface area (Å²) in [4.78, 5) is 8.11. The molecule has 0 bridgehead atoms. The summed E-state index contributed by atoms with van der Waals surface area (Å²) in [6.45, 7) is 3.23. The Balaban J connectivity index is 2.21. The van der Waals surface area contributed by atoms with Crippen LogP contribution in [0, 0.1) is 3.57 Å². The molecule has 0 fully saturated rings. The van der Waals surface area contributed by atoms with E-state index in [1.54, 1.807) is 6.33 Å². The van der Waals surface area contributed by atoms with Crippen LogP contribution in [-0.2, 0) is 0 Å². The van der Waals surface area contributed by atoms with Crippen molar-refractivity contribution < 1.29 is 0 Å². The molecule has 1 N–H and O–H groups in total. The van der Waals surface area contributed by atoms with Crippen molar-refractivity contribution >= 4 is 28.4 Å². The summed E-state index contributed by atoms with van der Waals surface area (Å²) in [7, 11) is 0. The Kier molecular flexibility index (Phi) is 5.82. The van der Waals surface area contributed by atoms with E-state index in [1.807, 2.05) is 6.20 Å². The summed E-state index contributed by atoms with van der Waals surface area (Å²) in [5.41, 5.74) is 0. The number of anilines is 1. The van der Waals surface area contributed by atoms with Gasteiger partial charge in [-0.2, -0.15) is 0 Å². The summed E-state index contributed by atoms with van der Waals surface area (Å²) in [6, 6.07) is 0. The lowest BCUT2D eigenvalue weighted by molar-refractivity contribution is 0.684. The van der Waals surface area contributed by atoms with E-state index >= 15 is 0 Å². The second kappa shape index (κ2) is 6.98. The molecule has 14 heavy (non-hydrogen) atoms. The highest BCUT2D eigenvalue weighted by Crippen LogP contribution is 2.12. The molecule has 3 nitrogen and oxygen atoms in total. The summed E-state index contributed by atoms with van der Waals surface area (Å²) in [6.07, 6.45) is 8.52. The quantitative estimate of drug-likeness (QED) is 0.648. The number of halogens is 1. The largest absolute Gasteiger partial charge is 0.369 e. The highest BCUT2D eigenvalue weighted by Gasteiger charge is 1.98. The average molecular weight is 305 g/mol. The second-order valence-electron chi connectivity index (χ2n) is 3.21. The molecule has 0 aliphatic carbocycles. The number of unbranched alkanes of at least 4 members (excludes halogenated alkanes) is 3. The lowest BCUT2D eigenvalue weighted by Crippen LogP contribution is -2.05. The van der Waals surface area contributed by atoms with Crippen molar-refractivity contribution in [3.63, 3.8) is 0 Å². The molecule has 1 aromatic heterocycles. The Bertz CT molecular complexity index is 265. The minimum atomic E-state index is 0.956. The van der Waals surface area contributed by atoms with Gasteiger partial charge in [-0.05, 0) is 29.0 Å². The molecule has 1 heterocycles. The van der Waals surface area contributed by atoms with Crippen molar-refractivity contribution in [2.45, 2.75) is 32.6 Å². The summed E-state index contributed by atoms with van der Waals surface area (Å²) in [5.74, 6) is 0.956. The maximum atomic E-state index is 4.17. The number of aromatic nitrogens is 2. The molecule has 0 spiro atoms. The van der Waals surface area contributed by atoms with Gasteiger partial charge in [0, 0.05) is 12.7 Å². The third-order valence-electron chi connectivity index (χ3n) is 1.99. The van der Waals surface area contributed by atoms with E-state index in [2.05, 4.69) is 44.8 Å². The SMILES string of the molecule is CCCCCCNc1ncncc1I. The van der Waals surface area contributed by atoms with Crippen LogP contribution in [0.1, 0.15) is 32.6 Å². The van der Waals surface area contributed by atoms with E-state index in [0.29, 0.717) is 0 Å². The topological polar surface area (TPSA) is 37.8 Å². The fourth-order valence-corrected chi connectivity index (χ4v) is 1.69. The lowest BCUT2D eigenvalue weighted by Gasteiger charge is -2.05. The van der Waals surface area contributed by atoms with E-state index in [1.165, 1.54) is 25.7 Å². The highest BCUT2D eigenvalue weighted by molar-refractivity contribution is 14.1. The van der Waals surface area contributed by atoms with Gasteiger partial charge in [-0.25, -0.2) is 9.97 Å². The predicted octanol–water partition coefficient (Wildman–Crippen LogP) is 3.07. The van der Waals surface area contributed by atoms with Gasteiger partial charge in [0.25, 0.3) is 0 Å². The predicted molar refractivity (Wildman–Crippen MR) is 67.4 cm³/mol. The first-order valence-electron chi connectivity index (χ1n) is 5.04. The van der Waals surface area contributed by atoms with E-state index in [9.17, 15) is 0 Å². The zero-order chi connectivity index (χ0) is 10.2. The molecule has 0 atom stereocenters. The molecular formula is C10H16IN3. The van der Waals surface area contributed by atoms with Crippen molar-refractivity contribution in [2.24, 2.45) is 0 Å². The van der Waals surface area contributed by atoms with Crippen molar-refractivity contribution in [3.8, 4) is 0 Å². The van der Waals surface area contributed by atoms with Crippen LogP contribution in [0.4, 0.5) is 5.82 Å². The Morgan fingerprint density at radius 3 is 2.93 bits per heavy atom. The first-order valence-corrected chi connectivity index (χ1v) is 6.12. The normalized spacial score (nSPS) is 10.1. The maximum absolute atomic E-state index is 4.17. The Morgan fingerprint density at radius 2 is 2.21 bits per heavy atom. The van der Waals surface area contributed by atoms with Gasteiger partial charge in [-0.15, -0.1) is 0 Å². The molecule has 0 amide bonds. The molecule has 0 aliphatic heterocycles. The van der Waals surface area contributed by atoms with E-state index in [4.69, 9.17) is 0 Å². The molecule has 0 saturated heterocycles. The average Bonchev–Trinajstić information content (AvgIpc) is 2.20. The molecule has 78 valence electrons. The minimum absolute atomic E-state index is 0.956. The first kappa shape index (κ1) is 11.7. The zero-order valence-electron chi connectivity index (χ0n) is 8.46. The molecular weight excluding hydrogens is 289 g/mol. The Morgan fingerprint density at radius 1 is 1.36 bits per heavy atom. The van der Waals surface area contributed by atoms with Gasteiger partial charge in [0.05, 0.1) is 3.57 Å². The molecule has 0 aromatic carbocycles. The van der Waals surface area contributed by atoms with Crippen molar-refractivity contribution in [3.05, 3.63) is 16.1 Å². The Hall–Kier alpha value is -0.390. The molecule has 1 aromatic rings. The van der Waals surface area contributed by atoms with E-state index < -0.39 is 0 Å². The third-order valence-corrected chi connectivity index (χ3v) is 2.78. The van der Waals surface area contributed by atoms with Crippen molar-refractivity contribution in [1.82, 2.24) is 9.97 Å². The van der Waals surface area contributed by atoms with Gasteiger partial charge < -0.3 is 5.32 Å². The van der Waals surface area contributed by atoms with E-state index in [-0.39, 0.29) is 0 Å².